The lowest BCUT2D eigenvalue weighted by Crippen LogP contribution is -2.51. The molecule has 1 aliphatic rings. The van der Waals surface area contributed by atoms with Crippen molar-refractivity contribution in [2.45, 2.75) is 39.7 Å². The number of nitrogens with zero attached hydrogens (tertiary/aromatic N) is 1. The third-order valence-corrected chi connectivity index (χ3v) is 5.10. The van der Waals surface area contributed by atoms with E-state index >= 15 is 0 Å². The van der Waals surface area contributed by atoms with Gasteiger partial charge in [0.1, 0.15) is 5.41 Å². The molecule has 1 heterocycles. The van der Waals surface area contributed by atoms with E-state index < -0.39 is 5.41 Å². The molecule has 4 nitrogen and oxygen atoms in total. The molecule has 0 spiro atoms. The summed E-state index contributed by atoms with van der Waals surface area (Å²) in [7, 11) is 0. The Balaban J connectivity index is 1.77. The Kier molecular flexibility index (Phi) is 5.12. The lowest BCUT2D eigenvalue weighted by atomic mass is 9.88. The predicted octanol–water partition coefficient (Wildman–Crippen LogP) is 3.87. The SMILES string of the molecule is CC(NC(=O)C(C)(C)C(=O)N1CCCc2ccccc21)c1ccccc1. The number of amides is 2. The van der Waals surface area contributed by atoms with Gasteiger partial charge in [0.25, 0.3) is 0 Å². The van der Waals surface area contributed by atoms with Crippen molar-refractivity contribution in [2.75, 3.05) is 11.4 Å². The summed E-state index contributed by atoms with van der Waals surface area (Å²) < 4.78 is 0. The second-order valence-electron chi connectivity index (χ2n) is 7.42. The van der Waals surface area contributed by atoms with Gasteiger partial charge >= 0.3 is 0 Å². The number of hydrogen-bond acceptors (Lipinski definition) is 2. The lowest BCUT2D eigenvalue weighted by Gasteiger charge is -2.35. The van der Waals surface area contributed by atoms with E-state index in [9.17, 15) is 9.59 Å². The number of carbonyl (C=O) groups excluding carboxylic acids is 2. The van der Waals surface area contributed by atoms with Crippen molar-refractivity contribution in [3.63, 3.8) is 0 Å². The molecular formula is C22H26N2O2. The maximum atomic E-state index is 13.2. The molecule has 0 aliphatic carbocycles. The van der Waals surface area contributed by atoms with E-state index in [0.29, 0.717) is 6.54 Å². The van der Waals surface area contributed by atoms with Crippen LogP contribution in [0, 0.1) is 5.41 Å². The smallest absolute Gasteiger partial charge is 0.242 e. The van der Waals surface area contributed by atoms with Crippen molar-refractivity contribution >= 4 is 17.5 Å². The van der Waals surface area contributed by atoms with E-state index in [0.717, 1.165) is 24.1 Å². The minimum Gasteiger partial charge on any atom is -0.349 e. The van der Waals surface area contributed by atoms with E-state index in [1.54, 1.807) is 18.7 Å². The molecule has 0 fully saturated rings. The van der Waals surface area contributed by atoms with Gasteiger partial charge < -0.3 is 10.2 Å². The fourth-order valence-corrected chi connectivity index (χ4v) is 3.38. The van der Waals surface area contributed by atoms with Crippen LogP contribution in [-0.2, 0) is 16.0 Å². The Morgan fingerprint density at radius 2 is 1.69 bits per heavy atom. The average Bonchev–Trinajstić information content (AvgIpc) is 2.67. The van der Waals surface area contributed by atoms with Crippen LogP contribution >= 0.6 is 0 Å². The Bertz CT molecular complexity index is 799. The fourth-order valence-electron chi connectivity index (χ4n) is 3.38. The van der Waals surface area contributed by atoms with Crippen LogP contribution in [0.2, 0.25) is 0 Å². The molecule has 0 aromatic heterocycles. The van der Waals surface area contributed by atoms with E-state index in [1.807, 2.05) is 55.5 Å². The first kappa shape index (κ1) is 18.2. The van der Waals surface area contributed by atoms with Crippen LogP contribution in [0.25, 0.3) is 0 Å². The minimum absolute atomic E-state index is 0.149. The van der Waals surface area contributed by atoms with Crippen molar-refractivity contribution in [2.24, 2.45) is 5.41 Å². The number of hydrogen-bond donors (Lipinski definition) is 1. The molecule has 0 radical (unpaired) electrons. The molecule has 0 saturated carbocycles. The number of nitrogens with one attached hydrogen (secondary N) is 1. The van der Waals surface area contributed by atoms with Gasteiger partial charge in [0, 0.05) is 12.2 Å². The largest absolute Gasteiger partial charge is 0.349 e. The molecule has 1 atom stereocenters. The minimum atomic E-state index is -1.13. The molecular weight excluding hydrogens is 324 g/mol. The Morgan fingerprint density at radius 3 is 2.42 bits per heavy atom. The maximum absolute atomic E-state index is 13.2. The summed E-state index contributed by atoms with van der Waals surface area (Å²) >= 11 is 0. The van der Waals surface area contributed by atoms with Gasteiger partial charge in [-0.1, -0.05) is 48.5 Å². The molecule has 2 aromatic rings. The standard InChI is InChI=1S/C22H26N2O2/c1-16(17-10-5-4-6-11-17)23-20(25)22(2,3)21(26)24-15-9-13-18-12-7-8-14-19(18)24/h4-8,10-12,14,16H,9,13,15H2,1-3H3,(H,23,25). The second kappa shape index (κ2) is 7.32. The van der Waals surface area contributed by atoms with E-state index in [4.69, 9.17) is 0 Å². The fraction of sp³-hybridized carbons (Fsp3) is 0.364. The van der Waals surface area contributed by atoms with Crippen LogP contribution in [-0.4, -0.2) is 18.4 Å². The number of para-hydroxylation sites is 1. The summed E-state index contributed by atoms with van der Waals surface area (Å²) in [6.07, 6.45) is 1.89. The summed E-state index contributed by atoms with van der Waals surface area (Å²) in [5.74, 6) is -0.399. The topological polar surface area (TPSA) is 49.4 Å². The summed E-state index contributed by atoms with van der Waals surface area (Å²) in [6, 6.07) is 17.6. The van der Waals surface area contributed by atoms with Crippen molar-refractivity contribution < 1.29 is 9.59 Å². The molecule has 4 heteroatoms. The molecule has 26 heavy (non-hydrogen) atoms. The highest BCUT2D eigenvalue weighted by atomic mass is 16.2. The predicted molar refractivity (Wildman–Crippen MR) is 104 cm³/mol. The summed E-state index contributed by atoms with van der Waals surface area (Å²) in [5.41, 5.74) is 1.99. The van der Waals surface area contributed by atoms with Gasteiger partial charge in [-0.05, 0) is 50.8 Å². The van der Waals surface area contributed by atoms with Gasteiger partial charge in [-0.25, -0.2) is 0 Å². The molecule has 2 aromatic carbocycles. The van der Waals surface area contributed by atoms with Crippen LogP contribution in [0.4, 0.5) is 5.69 Å². The first-order chi connectivity index (χ1) is 12.4. The number of benzene rings is 2. The Labute approximate surface area is 155 Å². The van der Waals surface area contributed by atoms with Gasteiger partial charge in [-0.3, -0.25) is 9.59 Å². The third-order valence-electron chi connectivity index (χ3n) is 5.10. The van der Waals surface area contributed by atoms with Gasteiger partial charge in [0.2, 0.25) is 11.8 Å². The summed E-state index contributed by atoms with van der Waals surface area (Å²) in [4.78, 5) is 27.9. The van der Waals surface area contributed by atoms with Crippen molar-refractivity contribution in [1.82, 2.24) is 5.32 Å². The molecule has 1 aliphatic heterocycles. The highest BCUT2D eigenvalue weighted by Gasteiger charge is 2.41. The van der Waals surface area contributed by atoms with E-state index in [1.165, 1.54) is 5.56 Å². The zero-order valence-electron chi connectivity index (χ0n) is 15.7. The Hall–Kier alpha value is -2.62. The van der Waals surface area contributed by atoms with Crippen LogP contribution in [0.15, 0.2) is 54.6 Å². The van der Waals surface area contributed by atoms with Crippen molar-refractivity contribution in [3.8, 4) is 0 Å². The molecule has 1 unspecified atom stereocenters. The number of aryl methyl sites for hydroxylation is 1. The summed E-state index contributed by atoms with van der Waals surface area (Å²) in [6.45, 7) is 6.00. The highest BCUT2D eigenvalue weighted by molar-refractivity contribution is 6.11. The van der Waals surface area contributed by atoms with Crippen LogP contribution < -0.4 is 10.2 Å². The molecule has 1 N–H and O–H groups in total. The van der Waals surface area contributed by atoms with E-state index in [-0.39, 0.29) is 17.9 Å². The van der Waals surface area contributed by atoms with Gasteiger partial charge in [-0.2, -0.15) is 0 Å². The zero-order valence-corrected chi connectivity index (χ0v) is 15.7. The van der Waals surface area contributed by atoms with E-state index in [2.05, 4.69) is 11.4 Å². The molecule has 3 rings (SSSR count). The highest BCUT2D eigenvalue weighted by Crippen LogP contribution is 2.31. The first-order valence-corrected chi connectivity index (χ1v) is 9.17. The maximum Gasteiger partial charge on any atom is 0.242 e. The third kappa shape index (κ3) is 3.50. The quantitative estimate of drug-likeness (QED) is 0.851. The van der Waals surface area contributed by atoms with Crippen LogP contribution in [0.1, 0.15) is 44.4 Å². The normalized spacial score (nSPS) is 15.1. The first-order valence-electron chi connectivity index (χ1n) is 9.17. The number of anilines is 1. The molecule has 0 saturated heterocycles. The van der Waals surface area contributed by atoms with Crippen LogP contribution in [0.3, 0.4) is 0 Å². The molecule has 0 bridgehead atoms. The van der Waals surface area contributed by atoms with Crippen molar-refractivity contribution in [3.05, 3.63) is 65.7 Å². The van der Waals surface area contributed by atoms with Crippen molar-refractivity contribution in [1.29, 1.82) is 0 Å². The summed E-state index contributed by atoms with van der Waals surface area (Å²) in [5, 5.41) is 2.99. The lowest BCUT2D eigenvalue weighted by molar-refractivity contribution is -0.140. The second-order valence-corrected chi connectivity index (χ2v) is 7.42. The number of carbonyl (C=O) groups is 2. The van der Waals surface area contributed by atoms with Gasteiger partial charge in [0.05, 0.1) is 6.04 Å². The number of rotatable bonds is 4. The Morgan fingerprint density at radius 1 is 1.04 bits per heavy atom. The number of fused-ring (bicyclic) bond motifs is 1. The molecule has 2 amide bonds. The zero-order chi connectivity index (χ0) is 18.7. The average molecular weight is 350 g/mol. The van der Waals surface area contributed by atoms with Gasteiger partial charge in [0.15, 0.2) is 0 Å². The monoisotopic (exact) mass is 350 g/mol. The van der Waals surface area contributed by atoms with Crippen LogP contribution in [0.5, 0.6) is 0 Å². The molecule has 136 valence electrons. The van der Waals surface area contributed by atoms with Gasteiger partial charge in [-0.15, -0.1) is 0 Å².